The predicted octanol–water partition coefficient (Wildman–Crippen LogP) is 4.72. The summed E-state index contributed by atoms with van der Waals surface area (Å²) in [6.07, 6.45) is -0.395. The normalized spacial score (nSPS) is 16.7. The monoisotopic (exact) mass is 428 g/mol. The van der Waals surface area contributed by atoms with Crippen molar-refractivity contribution in [1.29, 1.82) is 0 Å². The lowest BCUT2D eigenvalue weighted by Gasteiger charge is -2.22. The second-order valence-corrected chi connectivity index (χ2v) is 8.06. The molecule has 2 amide bonds. The Morgan fingerprint density at radius 3 is 2.13 bits per heavy atom. The molecule has 4 rings (SSSR count). The van der Waals surface area contributed by atoms with E-state index in [1.54, 1.807) is 30.3 Å². The Kier molecular flexibility index (Phi) is 5.85. The number of nitrogens with zero attached hydrogens (tertiary/aromatic N) is 1. The van der Waals surface area contributed by atoms with Crippen LogP contribution in [0, 0.1) is 0 Å². The molecule has 2 aliphatic carbocycles. The number of carbonyl (C=O) groups is 2. The third kappa shape index (κ3) is 5.54. The summed E-state index contributed by atoms with van der Waals surface area (Å²) in [6, 6.07) is 14.4. The van der Waals surface area contributed by atoms with Gasteiger partial charge >= 0.3 is 6.18 Å². The van der Waals surface area contributed by atoms with Crippen molar-refractivity contribution >= 4 is 17.4 Å². The lowest BCUT2D eigenvalue weighted by molar-refractivity contribution is -0.127. The van der Waals surface area contributed by atoms with Crippen LogP contribution < -0.4 is 5.32 Å². The molecule has 31 heavy (non-hydrogen) atoms. The van der Waals surface area contributed by atoms with Crippen molar-refractivity contribution in [2.45, 2.75) is 50.5 Å². The number of carbonyl (C=O) groups excluding carboxylic acids is 2. The van der Waals surface area contributed by atoms with Crippen LogP contribution in [0.3, 0.4) is 0 Å². The summed E-state index contributed by atoms with van der Waals surface area (Å²) in [7, 11) is 0. The smallest absolute Gasteiger partial charge is 0.349 e. The molecule has 2 aliphatic rings. The van der Waals surface area contributed by atoms with Crippen LogP contribution in [0.1, 0.15) is 47.2 Å². The molecule has 2 aromatic rings. The Balaban J connectivity index is 1.51. The largest absolute Gasteiger partial charge is 0.417 e. The number of hydrogen-bond acceptors (Lipinski definition) is 2. The van der Waals surface area contributed by atoms with E-state index in [9.17, 15) is 22.8 Å². The fraction of sp³-hybridized carbons (Fsp3) is 0.333. The molecule has 0 bridgehead atoms. The molecule has 4 nitrogen and oxygen atoms in total. The maximum atomic E-state index is 13.6. The average molecular weight is 428 g/mol. The first kappa shape index (κ1) is 21.2. The summed E-state index contributed by atoms with van der Waals surface area (Å²) in [5.74, 6) is -0.793. The average Bonchev–Trinajstić information content (AvgIpc) is 3.65. The van der Waals surface area contributed by atoms with Crippen LogP contribution in [0.2, 0.25) is 0 Å². The van der Waals surface area contributed by atoms with Gasteiger partial charge in [-0.15, -0.1) is 0 Å². The van der Waals surface area contributed by atoms with E-state index in [0.717, 1.165) is 31.2 Å². The van der Waals surface area contributed by atoms with Gasteiger partial charge in [-0.25, -0.2) is 0 Å². The van der Waals surface area contributed by atoms with Crippen molar-refractivity contribution in [2.75, 3.05) is 0 Å². The Hall–Kier alpha value is -3.09. The van der Waals surface area contributed by atoms with Gasteiger partial charge in [0.15, 0.2) is 0 Å². The van der Waals surface area contributed by atoms with Gasteiger partial charge in [-0.3, -0.25) is 9.59 Å². The van der Waals surface area contributed by atoms with E-state index < -0.39 is 17.7 Å². The minimum absolute atomic E-state index is 0.0369. The molecule has 0 saturated heterocycles. The van der Waals surface area contributed by atoms with E-state index in [1.807, 2.05) is 0 Å². The highest BCUT2D eigenvalue weighted by atomic mass is 19.4. The standard InChI is InChI=1S/C24H23F3N2O2/c25-24(26,27)21(17-4-2-1-3-5-17)14-22(30)29(20-12-13-20)15-16-6-8-18(9-7-16)23(31)28-19-10-11-19/h1-9,14,19-20H,10-13,15H2,(H,28,31)/b21-14+. The van der Waals surface area contributed by atoms with Crippen LogP contribution in [-0.2, 0) is 11.3 Å². The second-order valence-electron chi connectivity index (χ2n) is 8.06. The summed E-state index contributed by atoms with van der Waals surface area (Å²) < 4.78 is 40.8. The highest BCUT2D eigenvalue weighted by Gasteiger charge is 2.37. The van der Waals surface area contributed by atoms with E-state index in [4.69, 9.17) is 0 Å². The molecule has 1 N–H and O–H groups in total. The molecule has 0 spiro atoms. The third-order valence-electron chi connectivity index (χ3n) is 5.41. The summed E-state index contributed by atoms with van der Waals surface area (Å²) in [6.45, 7) is 0.199. The van der Waals surface area contributed by atoms with Crippen LogP contribution in [-0.4, -0.2) is 35.0 Å². The van der Waals surface area contributed by atoms with Crippen molar-refractivity contribution in [3.63, 3.8) is 0 Å². The van der Waals surface area contributed by atoms with Crippen LogP contribution in [0.4, 0.5) is 13.2 Å². The highest BCUT2D eigenvalue weighted by molar-refractivity contribution is 5.97. The molecule has 0 unspecified atom stereocenters. The van der Waals surface area contributed by atoms with E-state index in [1.165, 1.54) is 29.2 Å². The fourth-order valence-electron chi connectivity index (χ4n) is 3.38. The van der Waals surface area contributed by atoms with Gasteiger partial charge in [0.05, 0.1) is 5.57 Å². The Morgan fingerprint density at radius 1 is 0.935 bits per heavy atom. The molecular weight excluding hydrogens is 405 g/mol. The van der Waals surface area contributed by atoms with Gasteiger partial charge in [0, 0.05) is 30.3 Å². The predicted molar refractivity (Wildman–Crippen MR) is 111 cm³/mol. The lowest BCUT2D eigenvalue weighted by atomic mass is 10.0. The van der Waals surface area contributed by atoms with Gasteiger partial charge in [-0.2, -0.15) is 13.2 Å². The van der Waals surface area contributed by atoms with Gasteiger partial charge < -0.3 is 10.2 Å². The summed E-state index contributed by atoms with van der Waals surface area (Å²) in [5, 5.41) is 2.91. The first-order valence-corrected chi connectivity index (χ1v) is 10.4. The summed E-state index contributed by atoms with van der Waals surface area (Å²) in [4.78, 5) is 26.4. The lowest BCUT2D eigenvalue weighted by Crippen LogP contribution is -2.32. The van der Waals surface area contributed by atoms with Crippen molar-refractivity contribution in [1.82, 2.24) is 10.2 Å². The van der Waals surface area contributed by atoms with E-state index in [-0.39, 0.29) is 30.1 Å². The number of nitrogens with one attached hydrogen (secondary N) is 1. The SMILES string of the molecule is O=C(NC1CC1)c1ccc(CN(C(=O)/C=C(\c2ccccc2)C(F)(F)F)C2CC2)cc1. The fourth-order valence-corrected chi connectivity index (χ4v) is 3.38. The van der Waals surface area contributed by atoms with Gasteiger partial charge in [0.25, 0.3) is 5.91 Å². The Bertz CT molecular complexity index is 976. The van der Waals surface area contributed by atoms with E-state index in [0.29, 0.717) is 11.6 Å². The van der Waals surface area contributed by atoms with Crippen molar-refractivity contribution in [3.8, 4) is 0 Å². The van der Waals surface area contributed by atoms with Crippen LogP contribution >= 0.6 is 0 Å². The zero-order valence-electron chi connectivity index (χ0n) is 16.9. The molecule has 2 saturated carbocycles. The number of rotatable bonds is 7. The topological polar surface area (TPSA) is 49.4 Å². The van der Waals surface area contributed by atoms with Crippen LogP contribution in [0.15, 0.2) is 60.7 Å². The molecule has 2 fully saturated rings. The summed E-state index contributed by atoms with van der Waals surface area (Å²) in [5.41, 5.74) is 0.314. The second kappa shape index (κ2) is 8.57. The number of amides is 2. The zero-order valence-corrected chi connectivity index (χ0v) is 16.9. The molecule has 0 aromatic heterocycles. The summed E-state index contributed by atoms with van der Waals surface area (Å²) >= 11 is 0. The first-order valence-electron chi connectivity index (χ1n) is 10.4. The Morgan fingerprint density at radius 2 is 1.58 bits per heavy atom. The van der Waals surface area contributed by atoms with Crippen molar-refractivity contribution in [3.05, 3.63) is 77.4 Å². The molecule has 7 heteroatoms. The van der Waals surface area contributed by atoms with Crippen LogP contribution in [0.5, 0.6) is 0 Å². The number of allylic oxidation sites excluding steroid dienone is 1. The number of benzene rings is 2. The maximum Gasteiger partial charge on any atom is 0.417 e. The zero-order chi connectivity index (χ0) is 22.0. The minimum Gasteiger partial charge on any atom is -0.349 e. The van der Waals surface area contributed by atoms with Gasteiger partial charge in [0.1, 0.15) is 0 Å². The van der Waals surface area contributed by atoms with Gasteiger partial charge in [-0.1, -0.05) is 42.5 Å². The number of alkyl halides is 3. The molecule has 0 atom stereocenters. The minimum atomic E-state index is -4.64. The Labute approximate surface area is 178 Å². The number of halogens is 3. The molecule has 0 heterocycles. The molecule has 0 aliphatic heterocycles. The highest BCUT2D eigenvalue weighted by Crippen LogP contribution is 2.35. The molecule has 2 aromatic carbocycles. The van der Waals surface area contributed by atoms with E-state index >= 15 is 0 Å². The molecule has 0 radical (unpaired) electrons. The molecular formula is C24H23F3N2O2. The van der Waals surface area contributed by atoms with E-state index in [2.05, 4.69) is 5.32 Å². The van der Waals surface area contributed by atoms with Gasteiger partial charge in [-0.05, 0) is 48.9 Å². The first-order chi connectivity index (χ1) is 14.8. The maximum absolute atomic E-state index is 13.6. The van der Waals surface area contributed by atoms with Gasteiger partial charge in [0.2, 0.25) is 5.91 Å². The quantitative estimate of drug-likeness (QED) is 0.649. The van der Waals surface area contributed by atoms with Crippen molar-refractivity contribution < 1.29 is 22.8 Å². The van der Waals surface area contributed by atoms with Crippen LogP contribution in [0.25, 0.3) is 5.57 Å². The number of hydrogen-bond donors (Lipinski definition) is 1. The van der Waals surface area contributed by atoms with Crippen molar-refractivity contribution in [2.24, 2.45) is 0 Å². The third-order valence-corrected chi connectivity index (χ3v) is 5.41. The molecule has 162 valence electrons.